The molecule has 3 rings (SSSR count). The highest BCUT2D eigenvalue weighted by atomic mass is 32.2. The normalized spacial score (nSPS) is 17.7. The second-order valence-electron chi connectivity index (χ2n) is 7.78. The van der Waals surface area contributed by atoms with Crippen LogP contribution in [-0.4, -0.2) is 61.6 Å². The van der Waals surface area contributed by atoms with Gasteiger partial charge in [-0.2, -0.15) is 0 Å². The van der Waals surface area contributed by atoms with Crippen molar-refractivity contribution in [1.29, 1.82) is 0 Å². The topological polar surface area (TPSA) is 89.5 Å². The minimum atomic E-state index is -0.251. The van der Waals surface area contributed by atoms with Crippen molar-refractivity contribution < 1.29 is 23.8 Å². The Hall–Kier alpha value is -2.94. The molecule has 1 aliphatic heterocycles. The number of ether oxygens (including phenoxy) is 3. The Balaban J connectivity index is 1.78. The maximum Gasteiger partial charge on any atom is 0.278 e. The van der Waals surface area contributed by atoms with Crippen LogP contribution >= 0.6 is 11.8 Å². The zero-order chi connectivity index (χ0) is 23.8. The summed E-state index contributed by atoms with van der Waals surface area (Å²) in [5, 5.41) is 3.58. The minimum absolute atomic E-state index is 0.0392. The molecule has 0 unspecified atom stereocenters. The summed E-state index contributed by atoms with van der Waals surface area (Å²) in [6, 6.07) is 3.74. The first-order valence-corrected chi connectivity index (χ1v) is 11.9. The molecular weight excluding hydrogens is 442 g/mol. The van der Waals surface area contributed by atoms with Crippen molar-refractivity contribution in [3.63, 3.8) is 0 Å². The molecular formula is C24H31N3O5S. The van der Waals surface area contributed by atoms with Crippen molar-refractivity contribution in [3.05, 3.63) is 36.0 Å². The molecule has 1 saturated carbocycles. The summed E-state index contributed by atoms with van der Waals surface area (Å²) in [7, 11) is 4.60. The van der Waals surface area contributed by atoms with Crippen LogP contribution in [0.4, 0.5) is 0 Å². The van der Waals surface area contributed by atoms with E-state index in [0.717, 1.165) is 25.7 Å². The Kier molecular flexibility index (Phi) is 8.82. The van der Waals surface area contributed by atoms with Crippen molar-refractivity contribution in [1.82, 2.24) is 10.2 Å². The van der Waals surface area contributed by atoms with E-state index < -0.39 is 0 Å². The highest BCUT2D eigenvalue weighted by Crippen LogP contribution is 2.39. The van der Waals surface area contributed by atoms with Crippen LogP contribution in [0, 0.1) is 0 Å². The number of nitrogens with one attached hydrogen (secondary N) is 1. The van der Waals surface area contributed by atoms with Gasteiger partial charge in [0, 0.05) is 12.6 Å². The van der Waals surface area contributed by atoms with Gasteiger partial charge in [0.1, 0.15) is 5.70 Å². The van der Waals surface area contributed by atoms with Gasteiger partial charge < -0.3 is 19.5 Å². The van der Waals surface area contributed by atoms with Crippen LogP contribution in [0.15, 0.2) is 35.5 Å². The van der Waals surface area contributed by atoms with E-state index in [2.05, 4.69) is 16.9 Å². The van der Waals surface area contributed by atoms with Gasteiger partial charge in [0.25, 0.3) is 5.91 Å². The summed E-state index contributed by atoms with van der Waals surface area (Å²) < 4.78 is 16.1. The first kappa shape index (κ1) is 24.7. The van der Waals surface area contributed by atoms with Gasteiger partial charge >= 0.3 is 0 Å². The number of rotatable bonds is 9. The molecule has 0 atom stereocenters. The number of hydrogen-bond acceptors (Lipinski definition) is 7. The first-order valence-electron chi connectivity index (χ1n) is 11.0. The van der Waals surface area contributed by atoms with Crippen molar-refractivity contribution in [2.45, 2.75) is 38.1 Å². The molecule has 0 spiro atoms. The quantitative estimate of drug-likeness (QED) is 0.435. The molecule has 1 aliphatic carbocycles. The third-order valence-corrected chi connectivity index (χ3v) is 6.49. The van der Waals surface area contributed by atoms with Crippen LogP contribution in [0.1, 0.15) is 37.7 Å². The van der Waals surface area contributed by atoms with Gasteiger partial charge in [0.2, 0.25) is 11.7 Å². The van der Waals surface area contributed by atoms with E-state index in [1.165, 1.54) is 44.4 Å². The molecule has 0 radical (unpaired) electrons. The molecule has 178 valence electrons. The summed E-state index contributed by atoms with van der Waals surface area (Å²) in [6.45, 7) is 4.04. The van der Waals surface area contributed by atoms with Crippen molar-refractivity contribution >= 4 is 34.8 Å². The number of methoxy groups -OCH3 is 3. The minimum Gasteiger partial charge on any atom is -0.493 e. The molecule has 1 fully saturated rings. The summed E-state index contributed by atoms with van der Waals surface area (Å²) >= 11 is 1.25. The number of amidine groups is 1. The van der Waals surface area contributed by atoms with Crippen molar-refractivity contribution in [3.8, 4) is 17.2 Å². The maximum atomic E-state index is 13.0. The number of hydrogen-bond donors (Lipinski definition) is 1. The third-order valence-electron chi connectivity index (χ3n) is 5.52. The molecule has 1 N–H and O–H groups in total. The highest BCUT2D eigenvalue weighted by molar-refractivity contribution is 8.14. The van der Waals surface area contributed by atoms with E-state index >= 15 is 0 Å². The molecule has 33 heavy (non-hydrogen) atoms. The molecule has 2 aliphatic rings. The Morgan fingerprint density at radius 2 is 1.85 bits per heavy atom. The molecule has 1 aromatic carbocycles. The predicted octanol–water partition coefficient (Wildman–Crippen LogP) is 3.62. The SMILES string of the molecule is C=CCN1C(=O)/C(=C\c2cc(OC)c(OC)c(OC)c2)N=C1SCC(=O)NC1CCCCC1. The monoisotopic (exact) mass is 473 g/mol. The van der Waals surface area contributed by atoms with E-state index in [-0.39, 0.29) is 29.3 Å². The predicted molar refractivity (Wildman–Crippen MR) is 131 cm³/mol. The average Bonchev–Trinajstić information content (AvgIpc) is 3.12. The summed E-state index contributed by atoms with van der Waals surface area (Å²) in [5.41, 5.74) is 0.942. The number of carbonyl (C=O) groups excluding carboxylic acids is 2. The second-order valence-corrected chi connectivity index (χ2v) is 8.72. The maximum absolute atomic E-state index is 13.0. The van der Waals surface area contributed by atoms with Gasteiger partial charge in [0.15, 0.2) is 16.7 Å². The molecule has 2 amide bonds. The number of carbonyl (C=O) groups is 2. The van der Waals surface area contributed by atoms with Crippen molar-refractivity contribution in [2.24, 2.45) is 4.99 Å². The first-order chi connectivity index (χ1) is 16.0. The number of benzene rings is 1. The molecule has 0 bridgehead atoms. The number of thioether (sulfide) groups is 1. The molecule has 1 aromatic rings. The van der Waals surface area contributed by atoms with Gasteiger partial charge in [-0.3, -0.25) is 14.5 Å². The van der Waals surface area contributed by atoms with E-state index in [0.29, 0.717) is 34.5 Å². The number of nitrogens with zero attached hydrogens (tertiary/aromatic N) is 2. The molecule has 9 heteroatoms. The molecule has 1 heterocycles. The standard InChI is InChI=1S/C24H31N3O5S/c1-5-11-27-23(29)18(12-16-13-19(30-2)22(32-4)20(14-16)31-3)26-24(27)33-15-21(28)25-17-9-7-6-8-10-17/h5,12-14,17H,1,6-11,15H2,2-4H3,(H,25,28)/b18-12+. The van der Waals surface area contributed by atoms with Crippen LogP contribution in [0.2, 0.25) is 0 Å². The van der Waals surface area contributed by atoms with Crippen LogP contribution < -0.4 is 19.5 Å². The largest absolute Gasteiger partial charge is 0.493 e. The van der Waals surface area contributed by atoms with Gasteiger partial charge in [-0.1, -0.05) is 37.1 Å². The Labute approximate surface area is 199 Å². The smallest absolute Gasteiger partial charge is 0.278 e. The van der Waals surface area contributed by atoms with E-state index in [1.54, 1.807) is 24.3 Å². The lowest BCUT2D eigenvalue weighted by Crippen LogP contribution is -2.38. The van der Waals surface area contributed by atoms with Gasteiger partial charge in [0.05, 0.1) is 27.1 Å². The summed E-state index contributed by atoms with van der Waals surface area (Å²) in [4.78, 5) is 31.5. The van der Waals surface area contributed by atoms with Crippen LogP contribution in [0.5, 0.6) is 17.2 Å². The number of amides is 2. The molecule has 0 aromatic heterocycles. The lowest BCUT2D eigenvalue weighted by molar-refractivity contribution is -0.122. The molecule has 8 nitrogen and oxygen atoms in total. The lowest BCUT2D eigenvalue weighted by atomic mass is 9.95. The van der Waals surface area contributed by atoms with Gasteiger partial charge in [-0.25, -0.2) is 4.99 Å². The van der Waals surface area contributed by atoms with Crippen LogP contribution in [0.25, 0.3) is 6.08 Å². The zero-order valence-electron chi connectivity index (χ0n) is 19.4. The van der Waals surface area contributed by atoms with E-state index in [9.17, 15) is 9.59 Å². The highest BCUT2D eigenvalue weighted by Gasteiger charge is 2.30. The van der Waals surface area contributed by atoms with E-state index in [1.807, 2.05) is 0 Å². The van der Waals surface area contributed by atoms with E-state index in [4.69, 9.17) is 14.2 Å². The van der Waals surface area contributed by atoms with Crippen LogP contribution in [0.3, 0.4) is 0 Å². The Morgan fingerprint density at radius 1 is 1.18 bits per heavy atom. The van der Waals surface area contributed by atoms with Gasteiger partial charge in [-0.15, -0.1) is 6.58 Å². The third kappa shape index (κ3) is 6.10. The summed E-state index contributed by atoms with van der Waals surface area (Å²) in [6.07, 6.45) is 8.90. The lowest BCUT2D eigenvalue weighted by Gasteiger charge is -2.22. The Morgan fingerprint density at radius 3 is 2.42 bits per heavy atom. The summed E-state index contributed by atoms with van der Waals surface area (Å²) in [5.74, 6) is 1.34. The van der Waals surface area contributed by atoms with Crippen LogP contribution in [-0.2, 0) is 9.59 Å². The van der Waals surface area contributed by atoms with Gasteiger partial charge in [-0.05, 0) is 36.6 Å². The zero-order valence-corrected chi connectivity index (χ0v) is 20.2. The fraction of sp³-hybridized carbons (Fsp3) is 0.458. The Bertz CT molecular complexity index is 928. The van der Waals surface area contributed by atoms with Crippen molar-refractivity contribution in [2.75, 3.05) is 33.6 Å². The fourth-order valence-corrected chi connectivity index (χ4v) is 4.74. The average molecular weight is 474 g/mol. The fourth-order valence-electron chi connectivity index (χ4n) is 3.92. The molecule has 0 saturated heterocycles. The number of aliphatic imine (C=N–C) groups is 1. The second kappa shape index (κ2) is 11.8.